The predicted octanol–water partition coefficient (Wildman–Crippen LogP) is 3.17. The van der Waals surface area contributed by atoms with Crippen LogP contribution in [0.3, 0.4) is 0 Å². The molecule has 1 aromatic carbocycles. The van der Waals surface area contributed by atoms with Gasteiger partial charge in [0.1, 0.15) is 12.4 Å². The lowest BCUT2D eigenvalue weighted by Crippen LogP contribution is -2.05. The van der Waals surface area contributed by atoms with E-state index in [1.807, 2.05) is 18.2 Å². The number of aliphatic hydroxyl groups is 1. The summed E-state index contributed by atoms with van der Waals surface area (Å²) in [6.45, 7) is 8.13. The van der Waals surface area contributed by atoms with Crippen LogP contribution in [0.25, 0.3) is 0 Å². The van der Waals surface area contributed by atoms with Gasteiger partial charge in [-0.15, -0.1) is 0 Å². The molecule has 0 unspecified atom stereocenters. The average molecular weight is 207 g/mol. The van der Waals surface area contributed by atoms with E-state index >= 15 is 0 Å². The number of hydrogen-bond donors (Lipinski definition) is 1. The van der Waals surface area contributed by atoms with Crippen LogP contribution in [0.1, 0.15) is 31.9 Å². The largest absolute Gasteiger partial charge is 0.493 e. The summed E-state index contributed by atoms with van der Waals surface area (Å²) in [5.74, 6) is 1.35. The van der Waals surface area contributed by atoms with Gasteiger partial charge in [-0.25, -0.2) is 0 Å². The van der Waals surface area contributed by atoms with Crippen LogP contribution in [0.5, 0.6) is 5.75 Å². The number of aryl methyl sites for hydroxylation is 1. The second-order valence-corrected chi connectivity index (χ2v) is 4.10. The highest BCUT2D eigenvalue weighted by atomic mass is 16.5. The highest BCUT2D eigenvalue weighted by molar-refractivity contribution is 5.36. The maximum atomic E-state index is 8.98. The fraction of sp³-hybridized carbons (Fsp3) is 0.462. The summed E-state index contributed by atoms with van der Waals surface area (Å²) >= 11 is 0. The van der Waals surface area contributed by atoms with Crippen LogP contribution in [0.4, 0.5) is 0 Å². The summed E-state index contributed by atoms with van der Waals surface area (Å²) in [5.41, 5.74) is 1.98. The Bertz CT molecular complexity index is 283. The number of ether oxygens (including phenoxy) is 1. The molecule has 0 aliphatic rings. The molecule has 0 atom stereocenters. The van der Waals surface area contributed by atoms with E-state index < -0.39 is 0 Å². The predicted molar refractivity (Wildman–Crippen MR) is 61.5 cm³/mol. The van der Waals surface area contributed by atoms with E-state index in [0.717, 1.165) is 24.3 Å². The molecule has 0 aliphatic heterocycles. The normalized spacial score (nSPS) is 10.7. The van der Waals surface area contributed by atoms with Gasteiger partial charge in [0.15, 0.2) is 0 Å². The Morgan fingerprint density at radius 2 is 2.07 bits per heavy atom. The van der Waals surface area contributed by atoms with Crippen LogP contribution in [0.15, 0.2) is 18.2 Å². The van der Waals surface area contributed by atoms with Gasteiger partial charge in [0.05, 0.1) is 6.61 Å². The highest BCUT2D eigenvalue weighted by Gasteiger charge is 2.02. The van der Waals surface area contributed by atoms with E-state index in [9.17, 15) is 0 Å². The van der Waals surface area contributed by atoms with Crippen LogP contribution in [0.2, 0.25) is 0 Å². The van der Waals surface area contributed by atoms with Crippen LogP contribution < -0.4 is 4.74 Å². The fourth-order valence-electron chi connectivity index (χ4n) is 1.31. The van der Waals surface area contributed by atoms with Crippen molar-refractivity contribution < 1.29 is 9.84 Å². The fourth-order valence-corrected chi connectivity index (χ4v) is 1.31. The van der Waals surface area contributed by atoms with Crippen molar-refractivity contribution in [3.05, 3.63) is 35.9 Å². The maximum absolute atomic E-state index is 8.98. The molecule has 2 nitrogen and oxygen atoms in total. The number of benzene rings is 1. The van der Waals surface area contributed by atoms with Gasteiger partial charge >= 0.3 is 0 Å². The smallest absolute Gasteiger partial charge is 0.119 e. The van der Waals surface area contributed by atoms with Crippen molar-refractivity contribution in [1.29, 1.82) is 0 Å². The second-order valence-electron chi connectivity index (χ2n) is 4.10. The first-order valence-corrected chi connectivity index (χ1v) is 5.40. The monoisotopic (exact) mass is 207 g/mol. The molecular formula is C13H19O2. The first kappa shape index (κ1) is 12.1. The first-order chi connectivity index (χ1) is 7.15. The van der Waals surface area contributed by atoms with Crippen molar-refractivity contribution in [2.24, 2.45) is 5.92 Å². The third kappa shape index (κ3) is 3.92. The van der Waals surface area contributed by atoms with Crippen molar-refractivity contribution in [3.8, 4) is 5.75 Å². The summed E-state index contributed by atoms with van der Waals surface area (Å²) in [6.07, 6.45) is 0.944. The molecule has 0 fully saturated rings. The summed E-state index contributed by atoms with van der Waals surface area (Å²) in [6, 6.07) is 5.83. The van der Waals surface area contributed by atoms with Crippen molar-refractivity contribution in [2.45, 2.75) is 27.2 Å². The Balaban J connectivity index is 2.77. The lowest BCUT2D eigenvalue weighted by molar-refractivity contribution is 0.270. The molecule has 15 heavy (non-hydrogen) atoms. The number of hydrogen-bond acceptors (Lipinski definition) is 2. The molecule has 0 aliphatic carbocycles. The molecule has 0 saturated heterocycles. The van der Waals surface area contributed by atoms with E-state index in [1.165, 1.54) is 5.56 Å². The van der Waals surface area contributed by atoms with Crippen molar-refractivity contribution >= 4 is 0 Å². The molecule has 0 spiro atoms. The Morgan fingerprint density at radius 1 is 1.33 bits per heavy atom. The first-order valence-electron chi connectivity index (χ1n) is 5.40. The van der Waals surface area contributed by atoms with Crippen LogP contribution in [-0.2, 0) is 6.42 Å². The third-order valence-electron chi connectivity index (χ3n) is 2.13. The SMILES string of the molecule is CCc1cc([CH]O)cc(OCC(C)C)c1. The van der Waals surface area contributed by atoms with Gasteiger partial charge in [-0.1, -0.05) is 26.8 Å². The number of rotatable bonds is 5. The van der Waals surface area contributed by atoms with E-state index in [0.29, 0.717) is 12.5 Å². The zero-order valence-corrected chi connectivity index (χ0v) is 9.66. The molecule has 1 rings (SSSR count). The minimum absolute atomic E-state index is 0.511. The summed E-state index contributed by atoms with van der Waals surface area (Å²) in [7, 11) is 0. The van der Waals surface area contributed by atoms with Crippen molar-refractivity contribution in [3.63, 3.8) is 0 Å². The molecule has 0 aromatic heterocycles. The Labute approximate surface area is 91.9 Å². The van der Waals surface area contributed by atoms with Gasteiger partial charge in [0, 0.05) is 0 Å². The van der Waals surface area contributed by atoms with Gasteiger partial charge < -0.3 is 9.84 Å². The quantitative estimate of drug-likeness (QED) is 0.803. The lowest BCUT2D eigenvalue weighted by atomic mass is 10.1. The molecule has 0 heterocycles. The zero-order valence-electron chi connectivity index (χ0n) is 9.66. The Morgan fingerprint density at radius 3 is 2.60 bits per heavy atom. The molecule has 1 aromatic rings. The van der Waals surface area contributed by atoms with Crippen molar-refractivity contribution in [1.82, 2.24) is 0 Å². The van der Waals surface area contributed by atoms with Crippen LogP contribution >= 0.6 is 0 Å². The average Bonchev–Trinajstić information content (AvgIpc) is 2.25. The summed E-state index contributed by atoms with van der Waals surface area (Å²) in [5, 5.41) is 8.98. The summed E-state index contributed by atoms with van der Waals surface area (Å²) < 4.78 is 5.62. The summed E-state index contributed by atoms with van der Waals surface area (Å²) in [4.78, 5) is 0. The maximum Gasteiger partial charge on any atom is 0.119 e. The lowest BCUT2D eigenvalue weighted by Gasteiger charge is -2.11. The van der Waals surface area contributed by atoms with E-state index in [4.69, 9.17) is 9.84 Å². The zero-order chi connectivity index (χ0) is 11.3. The molecule has 2 heteroatoms. The van der Waals surface area contributed by atoms with Gasteiger partial charge in [-0.3, -0.25) is 0 Å². The Kier molecular flexibility index (Phi) is 4.63. The van der Waals surface area contributed by atoms with E-state index in [-0.39, 0.29) is 0 Å². The minimum Gasteiger partial charge on any atom is -0.493 e. The van der Waals surface area contributed by atoms with Crippen LogP contribution in [0, 0.1) is 12.5 Å². The highest BCUT2D eigenvalue weighted by Crippen LogP contribution is 2.19. The third-order valence-corrected chi connectivity index (χ3v) is 2.13. The molecule has 0 amide bonds. The standard InChI is InChI=1S/C13H19O2/c1-4-11-5-12(8-14)7-13(6-11)15-9-10(2)3/h5-8,10,14H,4,9H2,1-3H3. The van der Waals surface area contributed by atoms with Gasteiger partial charge in [-0.05, 0) is 35.6 Å². The molecule has 1 radical (unpaired) electrons. The molecular weight excluding hydrogens is 188 g/mol. The van der Waals surface area contributed by atoms with Crippen molar-refractivity contribution in [2.75, 3.05) is 6.61 Å². The molecule has 0 saturated carbocycles. The molecule has 1 N–H and O–H groups in total. The molecule has 0 bridgehead atoms. The second kappa shape index (κ2) is 5.76. The Hall–Kier alpha value is -1.02. The van der Waals surface area contributed by atoms with Crippen LogP contribution in [-0.4, -0.2) is 11.7 Å². The van der Waals surface area contributed by atoms with E-state index in [1.54, 1.807) is 0 Å². The van der Waals surface area contributed by atoms with E-state index in [2.05, 4.69) is 20.8 Å². The van der Waals surface area contributed by atoms with Gasteiger partial charge in [0.25, 0.3) is 0 Å². The van der Waals surface area contributed by atoms with Gasteiger partial charge in [0.2, 0.25) is 0 Å². The topological polar surface area (TPSA) is 29.5 Å². The number of aliphatic hydroxyl groups excluding tert-OH is 1. The minimum atomic E-state index is 0.511. The van der Waals surface area contributed by atoms with Gasteiger partial charge in [-0.2, -0.15) is 0 Å². The molecule has 83 valence electrons.